The van der Waals surface area contributed by atoms with Crippen LogP contribution < -0.4 is 0 Å². The average molecular weight is 245 g/mol. The lowest BCUT2D eigenvalue weighted by Gasteiger charge is -2.12. The third-order valence-corrected chi connectivity index (χ3v) is 4.22. The molecule has 0 saturated heterocycles. The maximum atomic E-state index is 2.31. The van der Waals surface area contributed by atoms with E-state index in [2.05, 4.69) is 73.0 Å². The van der Waals surface area contributed by atoms with Gasteiger partial charge in [-0.05, 0) is 60.0 Å². The van der Waals surface area contributed by atoms with E-state index in [4.69, 9.17) is 0 Å². The molecule has 0 amide bonds. The molecule has 0 radical (unpaired) electrons. The quantitative estimate of drug-likeness (QED) is 0.390. The van der Waals surface area contributed by atoms with E-state index in [0.29, 0.717) is 0 Å². The first-order valence-electron chi connectivity index (χ1n) is 6.64. The van der Waals surface area contributed by atoms with Crippen LogP contribution in [0.1, 0.15) is 11.1 Å². The molecule has 0 aliphatic carbocycles. The van der Waals surface area contributed by atoms with E-state index in [1.54, 1.807) is 0 Å². The molecule has 0 spiro atoms. The van der Waals surface area contributed by atoms with Crippen molar-refractivity contribution in [2.24, 2.45) is 0 Å². The van der Waals surface area contributed by atoms with Crippen LogP contribution in [-0.2, 0) is 0 Å². The fraction of sp³-hybridized carbons (Fsp3) is 0.111. The van der Waals surface area contributed by atoms with E-state index < -0.39 is 0 Å². The molecule has 2 heterocycles. The summed E-state index contributed by atoms with van der Waals surface area (Å²) in [6.07, 6.45) is 2.15. The molecular formula is C18H15N. The van der Waals surface area contributed by atoms with E-state index in [0.717, 1.165) is 0 Å². The Hall–Kier alpha value is -2.28. The molecule has 92 valence electrons. The Balaban J connectivity index is 2.34. The summed E-state index contributed by atoms with van der Waals surface area (Å²) in [6, 6.07) is 17.5. The summed E-state index contributed by atoms with van der Waals surface area (Å²) in [5.41, 5.74) is 5.35. The standard InChI is InChI=1S/C18H15N/c1-12-13(2)17-8-5-9-19(17)18-11-15-7-4-3-6-14(15)10-16(12)18/h3-11H,1-2H3. The van der Waals surface area contributed by atoms with E-state index >= 15 is 0 Å². The van der Waals surface area contributed by atoms with Crippen LogP contribution in [0.5, 0.6) is 0 Å². The summed E-state index contributed by atoms with van der Waals surface area (Å²) < 4.78 is 2.30. The van der Waals surface area contributed by atoms with Crippen molar-refractivity contribution in [3.63, 3.8) is 0 Å². The highest BCUT2D eigenvalue weighted by Gasteiger charge is 2.09. The van der Waals surface area contributed by atoms with Gasteiger partial charge in [0, 0.05) is 17.1 Å². The fourth-order valence-electron chi connectivity index (χ4n) is 3.02. The van der Waals surface area contributed by atoms with Gasteiger partial charge in [0.05, 0.1) is 5.52 Å². The lowest BCUT2D eigenvalue weighted by atomic mass is 10.0. The number of hydrogen-bond donors (Lipinski definition) is 0. The highest BCUT2D eigenvalue weighted by atomic mass is 14.9. The van der Waals surface area contributed by atoms with Crippen LogP contribution in [0, 0.1) is 13.8 Å². The number of fused-ring (bicyclic) bond motifs is 4. The van der Waals surface area contributed by atoms with Crippen LogP contribution in [0.4, 0.5) is 0 Å². The summed E-state index contributed by atoms with van der Waals surface area (Å²) in [5.74, 6) is 0. The van der Waals surface area contributed by atoms with Gasteiger partial charge in [-0.2, -0.15) is 0 Å². The minimum atomic E-state index is 1.29. The second kappa shape index (κ2) is 3.61. The molecule has 0 atom stereocenters. The molecule has 0 aliphatic rings. The minimum absolute atomic E-state index is 1.29. The zero-order valence-electron chi connectivity index (χ0n) is 11.1. The SMILES string of the molecule is Cc1c(C)c2cccn2c2cc3ccccc3cc12. The van der Waals surface area contributed by atoms with Crippen molar-refractivity contribution < 1.29 is 0 Å². The van der Waals surface area contributed by atoms with Crippen LogP contribution in [0.2, 0.25) is 0 Å². The normalized spacial score (nSPS) is 11.7. The molecule has 4 rings (SSSR count). The van der Waals surface area contributed by atoms with Gasteiger partial charge < -0.3 is 4.40 Å². The Labute approximate surface area is 112 Å². The Morgan fingerprint density at radius 3 is 2.26 bits per heavy atom. The van der Waals surface area contributed by atoms with Crippen LogP contribution >= 0.6 is 0 Å². The second-order valence-corrected chi connectivity index (χ2v) is 5.23. The van der Waals surface area contributed by atoms with Crippen LogP contribution in [0.3, 0.4) is 0 Å². The van der Waals surface area contributed by atoms with E-state index in [1.807, 2.05) is 0 Å². The van der Waals surface area contributed by atoms with Gasteiger partial charge in [-0.15, -0.1) is 0 Å². The van der Waals surface area contributed by atoms with Gasteiger partial charge in [0.1, 0.15) is 0 Å². The Morgan fingerprint density at radius 1 is 0.737 bits per heavy atom. The zero-order valence-corrected chi connectivity index (χ0v) is 11.1. The summed E-state index contributed by atoms with van der Waals surface area (Å²) in [5, 5.41) is 3.96. The first-order valence-corrected chi connectivity index (χ1v) is 6.64. The first kappa shape index (κ1) is 10.6. The molecule has 19 heavy (non-hydrogen) atoms. The minimum Gasteiger partial charge on any atom is -0.316 e. The number of pyridine rings is 1. The number of benzene rings is 2. The van der Waals surface area contributed by atoms with Crippen LogP contribution in [0.25, 0.3) is 27.2 Å². The molecule has 0 aliphatic heterocycles. The number of nitrogens with zero attached hydrogens (tertiary/aromatic N) is 1. The topological polar surface area (TPSA) is 4.41 Å². The summed E-state index contributed by atoms with van der Waals surface area (Å²) >= 11 is 0. The molecule has 4 aromatic rings. The predicted molar refractivity (Wildman–Crippen MR) is 81.9 cm³/mol. The van der Waals surface area contributed by atoms with E-state index in [9.17, 15) is 0 Å². The van der Waals surface area contributed by atoms with Crippen LogP contribution in [-0.4, -0.2) is 4.40 Å². The van der Waals surface area contributed by atoms with E-state index in [-0.39, 0.29) is 0 Å². The molecule has 0 saturated carbocycles. The fourth-order valence-corrected chi connectivity index (χ4v) is 3.02. The highest BCUT2D eigenvalue weighted by molar-refractivity contribution is 6.00. The van der Waals surface area contributed by atoms with Crippen molar-refractivity contribution in [2.75, 3.05) is 0 Å². The number of hydrogen-bond acceptors (Lipinski definition) is 0. The van der Waals surface area contributed by atoms with Gasteiger partial charge in [0.15, 0.2) is 0 Å². The summed E-state index contributed by atoms with van der Waals surface area (Å²) in [6.45, 7) is 4.43. The monoisotopic (exact) mass is 245 g/mol. The molecule has 0 fully saturated rings. The van der Waals surface area contributed by atoms with Crippen molar-refractivity contribution in [3.05, 3.63) is 65.9 Å². The van der Waals surface area contributed by atoms with Crippen molar-refractivity contribution in [1.29, 1.82) is 0 Å². The lowest BCUT2D eigenvalue weighted by Crippen LogP contribution is -1.94. The maximum absolute atomic E-state index is 2.31. The highest BCUT2D eigenvalue weighted by Crippen LogP contribution is 2.29. The molecular weight excluding hydrogens is 230 g/mol. The van der Waals surface area contributed by atoms with Gasteiger partial charge in [0.2, 0.25) is 0 Å². The lowest BCUT2D eigenvalue weighted by molar-refractivity contribution is 1.23. The molecule has 2 aromatic heterocycles. The van der Waals surface area contributed by atoms with Gasteiger partial charge in [-0.3, -0.25) is 0 Å². The van der Waals surface area contributed by atoms with Gasteiger partial charge in [-0.25, -0.2) is 0 Å². The molecule has 2 aromatic carbocycles. The summed E-state index contributed by atoms with van der Waals surface area (Å²) in [4.78, 5) is 0. The van der Waals surface area contributed by atoms with Crippen molar-refractivity contribution >= 4 is 27.2 Å². The third-order valence-electron chi connectivity index (χ3n) is 4.22. The first-order chi connectivity index (χ1) is 9.25. The average Bonchev–Trinajstić information content (AvgIpc) is 2.93. The molecule has 1 heteroatoms. The van der Waals surface area contributed by atoms with Crippen molar-refractivity contribution in [1.82, 2.24) is 4.40 Å². The van der Waals surface area contributed by atoms with Crippen molar-refractivity contribution in [3.8, 4) is 0 Å². The molecule has 0 unspecified atom stereocenters. The third kappa shape index (κ3) is 1.36. The number of rotatable bonds is 0. The Morgan fingerprint density at radius 2 is 1.47 bits per heavy atom. The van der Waals surface area contributed by atoms with Gasteiger partial charge in [0.25, 0.3) is 0 Å². The maximum Gasteiger partial charge on any atom is 0.0537 e. The predicted octanol–water partition coefficient (Wildman–Crippen LogP) is 4.86. The van der Waals surface area contributed by atoms with Crippen LogP contribution in [0.15, 0.2) is 54.7 Å². The molecule has 0 N–H and O–H groups in total. The molecule has 0 bridgehead atoms. The molecule has 1 nitrogen and oxygen atoms in total. The van der Waals surface area contributed by atoms with Gasteiger partial charge in [-0.1, -0.05) is 24.3 Å². The second-order valence-electron chi connectivity index (χ2n) is 5.23. The summed E-state index contributed by atoms with van der Waals surface area (Å²) in [7, 11) is 0. The number of aryl methyl sites for hydroxylation is 2. The van der Waals surface area contributed by atoms with E-state index in [1.165, 1.54) is 38.3 Å². The number of aromatic nitrogens is 1. The van der Waals surface area contributed by atoms with Gasteiger partial charge >= 0.3 is 0 Å². The Kier molecular flexibility index (Phi) is 2.02. The Bertz CT molecular complexity index is 929. The van der Waals surface area contributed by atoms with Crippen molar-refractivity contribution in [2.45, 2.75) is 13.8 Å². The largest absolute Gasteiger partial charge is 0.316 e. The smallest absolute Gasteiger partial charge is 0.0537 e. The zero-order chi connectivity index (χ0) is 13.0.